The number of nitrogens with one attached hydrogen (secondary N) is 2. The van der Waals surface area contributed by atoms with E-state index in [1.165, 1.54) is 23.6 Å². The zero-order valence-corrected chi connectivity index (χ0v) is 12.1. The zero-order chi connectivity index (χ0) is 13.9. The number of aromatic nitrogens is 1. The zero-order valence-electron chi connectivity index (χ0n) is 10.5. The molecule has 2 aromatic rings. The molecule has 0 saturated heterocycles. The molecule has 104 valence electrons. The number of aliphatic hydroxyl groups is 1. The van der Waals surface area contributed by atoms with E-state index in [1.54, 1.807) is 0 Å². The molecule has 2 rings (SSSR count). The Hall–Kier alpha value is -1.15. The Morgan fingerprint density at radius 3 is 2.84 bits per heavy atom. The fourth-order valence-corrected chi connectivity index (χ4v) is 4.00. The monoisotopic (exact) mass is 300 g/mol. The number of thiophene rings is 1. The predicted molar refractivity (Wildman–Crippen MR) is 74.4 cm³/mol. The lowest BCUT2D eigenvalue weighted by Crippen LogP contribution is -2.27. The van der Waals surface area contributed by atoms with Gasteiger partial charge in [-0.15, -0.1) is 11.3 Å². The van der Waals surface area contributed by atoms with Crippen molar-refractivity contribution in [3.05, 3.63) is 40.3 Å². The van der Waals surface area contributed by atoms with Crippen LogP contribution in [0.1, 0.15) is 30.0 Å². The second kappa shape index (κ2) is 5.87. The van der Waals surface area contributed by atoms with Gasteiger partial charge < -0.3 is 10.1 Å². The number of hydrogen-bond acceptors (Lipinski definition) is 4. The molecule has 7 heteroatoms. The largest absolute Gasteiger partial charge is 0.390 e. The molecule has 0 fully saturated rings. The van der Waals surface area contributed by atoms with E-state index in [-0.39, 0.29) is 17.5 Å². The second-order valence-corrected chi connectivity index (χ2v) is 6.81. The Kier molecular flexibility index (Phi) is 4.41. The number of sulfonamides is 1. The van der Waals surface area contributed by atoms with Crippen molar-refractivity contribution < 1.29 is 13.5 Å². The van der Waals surface area contributed by atoms with Crippen LogP contribution in [0.15, 0.2) is 34.7 Å². The topological polar surface area (TPSA) is 82.2 Å². The maximum absolute atomic E-state index is 12.2. The van der Waals surface area contributed by atoms with Crippen LogP contribution in [-0.2, 0) is 16.6 Å². The van der Waals surface area contributed by atoms with Gasteiger partial charge in [0.05, 0.1) is 17.5 Å². The third kappa shape index (κ3) is 3.24. The van der Waals surface area contributed by atoms with Crippen molar-refractivity contribution in [2.45, 2.75) is 30.9 Å². The number of H-pyrrole nitrogens is 1. The van der Waals surface area contributed by atoms with Crippen LogP contribution >= 0.6 is 11.3 Å². The van der Waals surface area contributed by atoms with Crippen LogP contribution in [0.2, 0.25) is 0 Å². The normalized spacial score (nSPS) is 13.6. The first-order valence-corrected chi connectivity index (χ1v) is 8.27. The molecule has 3 N–H and O–H groups in total. The highest BCUT2D eigenvalue weighted by molar-refractivity contribution is 7.89. The number of rotatable bonds is 6. The Morgan fingerprint density at radius 1 is 1.53 bits per heavy atom. The summed E-state index contributed by atoms with van der Waals surface area (Å²) in [4.78, 5) is 3.86. The van der Waals surface area contributed by atoms with Crippen molar-refractivity contribution in [3.63, 3.8) is 0 Å². The summed E-state index contributed by atoms with van der Waals surface area (Å²) in [6.45, 7) is 1.72. The van der Waals surface area contributed by atoms with Gasteiger partial charge in [-0.05, 0) is 23.9 Å². The van der Waals surface area contributed by atoms with Crippen LogP contribution in [0, 0.1) is 0 Å². The molecule has 0 aliphatic heterocycles. The van der Waals surface area contributed by atoms with E-state index in [4.69, 9.17) is 5.11 Å². The van der Waals surface area contributed by atoms with Crippen LogP contribution in [0.4, 0.5) is 0 Å². The molecule has 0 spiro atoms. The van der Waals surface area contributed by atoms with Crippen LogP contribution in [0.3, 0.4) is 0 Å². The van der Waals surface area contributed by atoms with Crippen molar-refractivity contribution in [3.8, 4) is 0 Å². The molecule has 0 aliphatic rings. The fourth-order valence-electron chi connectivity index (χ4n) is 1.75. The van der Waals surface area contributed by atoms with Gasteiger partial charge >= 0.3 is 0 Å². The van der Waals surface area contributed by atoms with Gasteiger partial charge in [0, 0.05) is 16.8 Å². The van der Waals surface area contributed by atoms with E-state index in [2.05, 4.69) is 9.71 Å². The van der Waals surface area contributed by atoms with Gasteiger partial charge in [-0.25, -0.2) is 13.1 Å². The van der Waals surface area contributed by atoms with Gasteiger partial charge in [0.2, 0.25) is 10.0 Å². The SMILES string of the molecule is CCC(NS(=O)(=O)c1c[nH]c(CO)c1)c1cccs1. The average Bonchev–Trinajstić information content (AvgIpc) is 3.06. The molecule has 0 saturated carbocycles. The van der Waals surface area contributed by atoms with Crippen molar-refractivity contribution in [2.75, 3.05) is 0 Å². The Bertz CT molecular complexity index is 617. The van der Waals surface area contributed by atoms with Crippen molar-refractivity contribution in [1.29, 1.82) is 0 Å². The molecule has 0 bridgehead atoms. The summed E-state index contributed by atoms with van der Waals surface area (Å²) >= 11 is 1.53. The average molecular weight is 300 g/mol. The lowest BCUT2D eigenvalue weighted by atomic mass is 10.2. The lowest BCUT2D eigenvalue weighted by molar-refractivity contribution is 0.277. The van der Waals surface area contributed by atoms with E-state index in [9.17, 15) is 8.42 Å². The maximum atomic E-state index is 12.2. The molecule has 0 aromatic carbocycles. The highest BCUT2D eigenvalue weighted by Crippen LogP contribution is 2.24. The first-order valence-electron chi connectivity index (χ1n) is 5.90. The number of aliphatic hydroxyl groups excluding tert-OH is 1. The number of aromatic amines is 1. The van der Waals surface area contributed by atoms with Crippen molar-refractivity contribution in [2.24, 2.45) is 0 Å². The van der Waals surface area contributed by atoms with Gasteiger partial charge in [0.25, 0.3) is 0 Å². The molecule has 1 atom stereocenters. The highest BCUT2D eigenvalue weighted by Gasteiger charge is 2.21. The van der Waals surface area contributed by atoms with E-state index in [0.717, 1.165) is 4.88 Å². The molecule has 1 unspecified atom stereocenters. The third-order valence-corrected chi connectivity index (χ3v) is 5.23. The summed E-state index contributed by atoms with van der Waals surface area (Å²) in [7, 11) is -3.57. The van der Waals surface area contributed by atoms with Gasteiger partial charge in [0.15, 0.2) is 0 Å². The van der Waals surface area contributed by atoms with Gasteiger partial charge in [-0.1, -0.05) is 13.0 Å². The Balaban J connectivity index is 2.20. The standard InChI is InChI=1S/C12H16N2O3S2/c1-2-11(12-4-3-5-18-12)14-19(16,17)10-6-9(8-15)13-7-10/h3-7,11,13-15H,2,8H2,1H3. The molecule has 2 heterocycles. The number of hydrogen-bond donors (Lipinski definition) is 3. The third-order valence-electron chi connectivity index (χ3n) is 2.79. The van der Waals surface area contributed by atoms with Gasteiger partial charge in [-0.3, -0.25) is 0 Å². The lowest BCUT2D eigenvalue weighted by Gasteiger charge is -2.14. The second-order valence-electron chi connectivity index (χ2n) is 4.12. The molecule has 0 amide bonds. The van der Waals surface area contributed by atoms with Crippen LogP contribution in [-0.4, -0.2) is 18.5 Å². The summed E-state index contributed by atoms with van der Waals surface area (Å²) < 4.78 is 27.1. The first kappa shape index (κ1) is 14.3. The summed E-state index contributed by atoms with van der Waals surface area (Å²) in [5.74, 6) is 0. The maximum Gasteiger partial charge on any atom is 0.242 e. The van der Waals surface area contributed by atoms with E-state index >= 15 is 0 Å². The summed E-state index contributed by atoms with van der Waals surface area (Å²) in [5.41, 5.74) is 0.476. The van der Waals surface area contributed by atoms with Gasteiger partial charge in [-0.2, -0.15) is 0 Å². The molecular weight excluding hydrogens is 284 g/mol. The minimum atomic E-state index is -3.57. The van der Waals surface area contributed by atoms with Crippen LogP contribution < -0.4 is 4.72 Å². The van der Waals surface area contributed by atoms with Crippen LogP contribution in [0.25, 0.3) is 0 Å². The van der Waals surface area contributed by atoms with E-state index in [1.807, 2.05) is 24.4 Å². The van der Waals surface area contributed by atoms with Crippen molar-refractivity contribution >= 4 is 21.4 Å². The fraction of sp³-hybridized carbons (Fsp3) is 0.333. The minimum absolute atomic E-state index is 0.145. The minimum Gasteiger partial charge on any atom is -0.390 e. The van der Waals surface area contributed by atoms with E-state index in [0.29, 0.717) is 12.1 Å². The molecule has 19 heavy (non-hydrogen) atoms. The quantitative estimate of drug-likeness (QED) is 0.763. The Labute approximate surface area is 116 Å². The summed E-state index contributed by atoms with van der Waals surface area (Å²) in [5, 5.41) is 10.9. The van der Waals surface area contributed by atoms with Gasteiger partial charge in [0.1, 0.15) is 0 Å². The molecule has 0 radical (unpaired) electrons. The molecular formula is C12H16N2O3S2. The Morgan fingerprint density at radius 2 is 2.32 bits per heavy atom. The predicted octanol–water partition coefficient (Wildman–Crippen LogP) is 2.00. The summed E-state index contributed by atoms with van der Waals surface area (Å²) in [6, 6.07) is 5.02. The first-order chi connectivity index (χ1) is 9.06. The van der Waals surface area contributed by atoms with Crippen molar-refractivity contribution in [1.82, 2.24) is 9.71 Å². The molecule has 5 nitrogen and oxygen atoms in total. The summed E-state index contributed by atoms with van der Waals surface area (Å²) in [6.07, 6.45) is 2.06. The molecule has 2 aromatic heterocycles. The highest BCUT2D eigenvalue weighted by atomic mass is 32.2. The smallest absolute Gasteiger partial charge is 0.242 e. The molecule has 0 aliphatic carbocycles. The van der Waals surface area contributed by atoms with E-state index < -0.39 is 10.0 Å². The van der Waals surface area contributed by atoms with Crippen LogP contribution in [0.5, 0.6) is 0 Å².